The molecule has 0 heterocycles. The maximum Gasteiger partial charge on any atom is 0.261 e. The highest BCUT2D eigenvalue weighted by atomic mass is 32.1. The van der Waals surface area contributed by atoms with Crippen LogP contribution in [0.5, 0.6) is 11.5 Å². The first-order chi connectivity index (χ1) is 14.5. The Morgan fingerprint density at radius 1 is 0.867 bits per heavy atom. The summed E-state index contributed by atoms with van der Waals surface area (Å²) < 4.78 is 11.4. The summed E-state index contributed by atoms with van der Waals surface area (Å²) >= 11 is 5.30. The van der Waals surface area contributed by atoms with Crippen molar-refractivity contribution in [2.45, 2.75) is 13.8 Å². The first-order valence-electron chi connectivity index (χ1n) is 9.61. The Bertz CT molecular complexity index is 1000. The summed E-state index contributed by atoms with van der Waals surface area (Å²) in [5.74, 6) is 0.909. The average molecular weight is 421 g/mol. The second-order valence-corrected chi connectivity index (χ2v) is 7.20. The molecule has 30 heavy (non-hydrogen) atoms. The van der Waals surface area contributed by atoms with Crippen molar-refractivity contribution in [3.8, 4) is 11.5 Å². The van der Waals surface area contributed by atoms with E-state index in [1.807, 2.05) is 62.4 Å². The Hall–Kier alpha value is -3.38. The number of carbonyl (C=O) groups is 1. The maximum absolute atomic E-state index is 12.7. The number of nitrogens with one attached hydrogen (secondary N) is 2. The monoisotopic (exact) mass is 420 g/mol. The van der Waals surface area contributed by atoms with Gasteiger partial charge in [-0.2, -0.15) is 0 Å². The smallest absolute Gasteiger partial charge is 0.261 e. The van der Waals surface area contributed by atoms with Gasteiger partial charge in [0.25, 0.3) is 5.91 Å². The van der Waals surface area contributed by atoms with Crippen molar-refractivity contribution in [3.05, 3.63) is 89.5 Å². The number of thiocarbonyl (C=S) groups is 1. The van der Waals surface area contributed by atoms with Crippen LogP contribution in [0.2, 0.25) is 0 Å². The quantitative estimate of drug-likeness (QED) is 0.421. The zero-order chi connectivity index (χ0) is 21.3. The SMILES string of the molecule is Cc1cc(C)cc(NC(=S)NC(=O)c2ccccc2OCCOc2ccccc2)c1. The van der Waals surface area contributed by atoms with Crippen LogP contribution in [0.1, 0.15) is 21.5 Å². The molecule has 2 N–H and O–H groups in total. The zero-order valence-corrected chi connectivity index (χ0v) is 17.8. The summed E-state index contributed by atoms with van der Waals surface area (Å²) in [4.78, 5) is 12.7. The zero-order valence-electron chi connectivity index (χ0n) is 17.0. The standard InChI is InChI=1S/C24H24N2O3S/c1-17-14-18(2)16-19(15-17)25-24(30)26-23(27)21-10-6-7-11-22(21)29-13-12-28-20-8-4-3-5-9-20/h3-11,14-16H,12-13H2,1-2H3,(H2,25,26,27,30). The van der Waals surface area contributed by atoms with Gasteiger partial charge in [-0.15, -0.1) is 0 Å². The molecule has 0 saturated carbocycles. The highest BCUT2D eigenvalue weighted by molar-refractivity contribution is 7.80. The lowest BCUT2D eigenvalue weighted by atomic mass is 10.1. The molecule has 0 aliphatic rings. The Labute approximate surface area is 182 Å². The summed E-state index contributed by atoms with van der Waals surface area (Å²) in [6.45, 7) is 4.70. The van der Waals surface area contributed by atoms with Crippen molar-refractivity contribution >= 4 is 28.9 Å². The number of para-hydroxylation sites is 2. The molecule has 0 aliphatic heterocycles. The molecule has 5 nitrogen and oxygen atoms in total. The van der Waals surface area contributed by atoms with Gasteiger partial charge in [-0.25, -0.2) is 0 Å². The molecule has 3 aromatic carbocycles. The van der Waals surface area contributed by atoms with E-state index in [-0.39, 0.29) is 11.0 Å². The highest BCUT2D eigenvalue weighted by Gasteiger charge is 2.14. The van der Waals surface area contributed by atoms with Crippen LogP contribution in [0.4, 0.5) is 5.69 Å². The molecule has 0 aromatic heterocycles. The van der Waals surface area contributed by atoms with Gasteiger partial charge in [-0.3, -0.25) is 10.1 Å². The van der Waals surface area contributed by atoms with Crippen LogP contribution in [0, 0.1) is 13.8 Å². The third-order valence-electron chi connectivity index (χ3n) is 4.19. The topological polar surface area (TPSA) is 59.6 Å². The molecular weight excluding hydrogens is 396 g/mol. The van der Waals surface area contributed by atoms with E-state index in [9.17, 15) is 4.79 Å². The van der Waals surface area contributed by atoms with Crippen molar-refractivity contribution in [2.75, 3.05) is 18.5 Å². The fraction of sp³-hybridized carbons (Fsp3) is 0.167. The number of rotatable bonds is 7. The van der Waals surface area contributed by atoms with Crippen molar-refractivity contribution in [3.63, 3.8) is 0 Å². The van der Waals surface area contributed by atoms with Crippen molar-refractivity contribution in [1.29, 1.82) is 0 Å². The maximum atomic E-state index is 12.7. The molecule has 1 amide bonds. The molecule has 0 saturated heterocycles. The molecule has 0 atom stereocenters. The second kappa shape index (κ2) is 10.4. The van der Waals surface area contributed by atoms with E-state index in [0.29, 0.717) is 24.5 Å². The minimum absolute atomic E-state index is 0.229. The number of ether oxygens (including phenoxy) is 2. The number of amides is 1. The van der Waals surface area contributed by atoms with Crippen LogP contribution in [-0.4, -0.2) is 24.2 Å². The van der Waals surface area contributed by atoms with Gasteiger partial charge in [0.2, 0.25) is 0 Å². The third-order valence-corrected chi connectivity index (χ3v) is 4.40. The molecule has 0 fully saturated rings. The number of aryl methyl sites for hydroxylation is 2. The minimum atomic E-state index is -0.337. The largest absolute Gasteiger partial charge is 0.490 e. The van der Waals surface area contributed by atoms with E-state index < -0.39 is 0 Å². The number of anilines is 1. The third kappa shape index (κ3) is 6.32. The van der Waals surface area contributed by atoms with Crippen LogP contribution in [0.25, 0.3) is 0 Å². The van der Waals surface area contributed by atoms with E-state index in [0.717, 1.165) is 22.6 Å². The van der Waals surface area contributed by atoms with Crippen LogP contribution < -0.4 is 20.1 Å². The van der Waals surface area contributed by atoms with E-state index >= 15 is 0 Å². The number of benzene rings is 3. The summed E-state index contributed by atoms with van der Waals surface area (Å²) in [6, 6.07) is 22.6. The Morgan fingerprint density at radius 2 is 1.50 bits per heavy atom. The lowest BCUT2D eigenvalue weighted by molar-refractivity contribution is 0.0972. The van der Waals surface area contributed by atoms with Crippen molar-refractivity contribution < 1.29 is 14.3 Å². The van der Waals surface area contributed by atoms with Crippen molar-refractivity contribution in [1.82, 2.24) is 5.32 Å². The van der Waals surface area contributed by atoms with Gasteiger partial charge in [0.05, 0.1) is 5.56 Å². The molecule has 0 aliphatic carbocycles. The van der Waals surface area contributed by atoms with E-state index in [2.05, 4.69) is 16.7 Å². The lowest BCUT2D eigenvalue weighted by Gasteiger charge is -2.14. The molecule has 0 unspecified atom stereocenters. The van der Waals surface area contributed by atoms with Gasteiger partial charge in [-0.05, 0) is 73.6 Å². The molecule has 3 rings (SSSR count). The van der Waals surface area contributed by atoms with Crippen LogP contribution in [0.15, 0.2) is 72.8 Å². The first kappa shape index (κ1) is 21.3. The predicted molar refractivity (Wildman–Crippen MR) is 123 cm³/mol. The number of carbonyl (C=O) groups excluding carboxylic acids is 1. The van der Waals surface area contributed by atoms with Gasteiger partial charge in [-0.1, -0.05) is 36.4 Å². The highest BCUT2D eigenvalue weighted by Crippen LogP contribution is 2.18. The number of hydrogen-bond acceptors (Lipinski definition) is 4. The fourth-order valence-corrected chi connectivity index (χ4v) is 3.20. The minimum Gasteiger partial charge on any atom is -0.490 e. The Kier molecular flexibility index (Phi) is 7.40. The van der Waals surface area contributed by atoms with Gasteiger partial charge in [0, 0.05) is 5.69 Å². The summed E-state index contributed by atoms with van der Waals surface area (Å²) in [5.41, 5.74) is 3.47. The summed E-state index contributed by atoms with van der Waals surface area (Å²) in [7, 11) is 0. The van der Waals surface area contributed by atoms with E-state index in [1.54, 1.807) is 18.2 Å². The first-order valence-corrected chi connectivity index (χ1v) is 10.0. The molecule has 0 radical (unpaired) electrons. The van der Waals surface area contributed by atoms with Gasteiger partial charge >= 0.3 is 0 Å². The van der Waals surface area contributed by atoms with Crippen molar-refractivity contribution in [2.24, 2.45) is 0 Å². The molecular formula is C24H24N2O3S. The Morgan fingerprint density at radius 3 is 2.23 bits per heavy atom. The predicted octanol–water partition coefficient (Wildman–Crippen LogP) is 4.89. The van der Waals surface area contributed by atoms with Gasteiger partial charge in [0.15, 0.2) is 5.11 Å². The summed E-state index contributed by atoms with van der Waals surface area (Å²) in [6.07, 6.45) is 0. The van der Waals surface area contributed by atoms with Crippen LogP contribution in [-0.2, 0) is 0 Å². The second-order valence-electron chi connectivity index (χ2n) is 6.79. The fourth-order valence-electron chi connectivity index (χ4n) is 2.99. The molecule has 6 heteroatoms. The normalized spacial score (nSPS) is 10.2. The lowest BCUT2D eigenvalue weighted by Crippen LogP contribution is -2.34. The average Bonchev–Trinajstić information content (AvgIpc) is 2.71. The molecule has 3 aromatic rings. The van der Waals surface area contributed by atoms with E-state index in [1.165, 1.54) is 0 Å². The Balaban J connectivity index is 1.55. The van der Waals surface area contributed by atoms with Gasteiger partial charge < -0.3 is 14.8 Å². The van der Waals surface area contributed by atoms with Gasteiger partial charge in [0.1, 0.15) is 24.7 Å². The number of hydrogen-bond donors (Lipinski definition) is 2. The van der Waals surface area contributed by atoms with Crippen LogP contribution >= 0.6 is 12.2 Å². The summed E-state index contributed by atoms with van der Waals surface area (Å²) in [5, 5.41) is 5.99. The van der Waals surface area contributed by atoms with E-state index in [4.69, 9.17) is 21.7 Å². The molecule has 154 valence electrons. The molecule has 0 spiro atoms. The van der Waals surface area contributed by atoms with Crippen LogP contribution in [0.3, 0.4) is 0 Å². The molecule has 0 bridgehead atoms.